The quantitative estimate of drug-likeness (QED) is 0.536. The Labute approximate surface area is 91.3 Å². The van der Waals surface area contributed by atoms with Crippen LogP contribution in [0.4, 0.5) is 0 Å². The van der Waals surface area contributed by atoms with Crippen molar-refractivity contribution in [1.29, 1.82) is 0 Å². The van der Waals surface area contributed by atoms with E-state index >= 15 is 0 Å². The Kier molecular flexibility index (Phi) is 3.46. The van der Waals surface area contributed by atoms with Crippen molar-refractivity contribution in [3.8, 4) is 0 Å². The van der Waals surface area contributed by atoms with E-state index in [0.717, 1.165) is 25.4 Å². The van der Waals surface area contributed by atoms with Gasteiger partial charge in [0, 0.05) is 12.6 Å². The van der Waals surface area contributed by atoms with Gasteiger partial charge in [-0.05, 0) is 25.2 Å². The molecule has 4 heteroatoms. The van der Waals surface area contributed by atoms with Gasteiger partial charge in [0.1, 0.15) is 0 Å². The molecule has 4 nitrogen and oxygen atoms in total. The summed E-state index contributed by atoms with van der Waals surface area (Å²) in [6.45, 7) is 3.81. The van der Waals surface area contributed by atoms with Crippen molar-refractivity contribution in [3.05, 3.63) is 0 Å². The van der Waals surface area contributed by atoms with Crippen LogP contribution < -0.4 is 11.1 Å². The number of guanidine groups is 1. The van der Waals surface area contributed by atoms with Crippen LogP contribution in [0.3, 0.4) is 0 Å². The molecule has 1 heterocycles. The van der Waals surface area contributed by atoms with Crippen molar-refractivity contribution in [1.82, 2.24) is 5.32 Å². The molecule has 1 aliphatic carbocycles. The Morgan fingerprint density at radius 2 is 2.47 bits per heavy atom. The van der Waals surface area contributed by atoms with Gasteiger partial charge in [0.25, 0.3) is 0 Å². The van der Waals surface area contributed by atoms with Crippen molar-refractivity contribution in [2.24, 2.45) is 16.6 Å². The van der Waals surface area contributed by atoms with E-state index in [0.29, 0.717) is 24.7 Å². The maximum Gasteiger partial charge on any atom is 0.188 e. The number of nitrogens with one attached hydrogen (secondary N) is 1. The van der Waals surface area contributed by atoms with Gasteiger partial charge in [0.05, 0.1) is 12.6 Å². The highest BCUT2D eigenvalue weighted by molar-refractivity contribution is 5.78. The Hall–Kier alpha value is -0.770. The van der Waals surface area contributed by atoms with Crippen molar-refractivity contribution in [3.63, 3.8) is 0 Å². The third-order valence-corrected chi connectivity index (χ3v) is 3.27. The van der Waals surface area contributed by atoms with Crippen LogP contribution >= 0.6 is 0 Å². The first-order valence-corrected chi connectivity index (χ1v) is 5.97. The van der Waals surface area contributed by atoms with Crippen molar-refractivity contribution in [2.45, 2.75) is 44.8 Å². The smallest absolute Gasteiger partial charge is 0.188 e. The molecular weight excluding hydrogens is 190 g/mol. The van der Waals surface area contributed by atoms with Crippen LogP contribution in [0.5, 0.6) is 0 Å². The summed E-state index contributed by atoms with van der Waals surface area (Å²) < 4.78 is 5.48. The number of hydrogen-bond acceptors (Lipinski definition) is 2. The van der Waals surface area contributed by atoms with Crippen LogP contribution in [0.15, 0.2) is 4.99 Å². The first-order chi connectivity index (χ1) is 7.29. The van der Waals surface area contributed by atoms with Gasteiger partial charge in [-0.15, -0.1) is 0 Å². The molecule has 2 fully saturated rings. The minimum Gasteiger partial charge on any atom is -0.376 e. The average Bonchev–Trinajstić information content (AvgIpc) is 2.78. The van der Waals surface area contributed by atoms with Crippen LogP contribution in [-0.2, 0) is 4.74 Å². The van der Waals surface area contributed by atoms with E-state index in [4.69, 9.17) is 10.5 Å². The maximum atomic E-state index is 5.79. The summed E-state index contributed by atoms with van der Waals surface area (Å²) in [5.74, 6) is 1.40. The molecule has 1 aliphatic heterocycles. The highest BCUT2D eigenvalue weighted by Gasteiger charge is 2.35. The molecular formula is C11H21N3O. The van der Waals surface area contributed by atoms with Crippen LogP contribution in [0.2, 0.25) is 0 Å². The largest absolute Gasteiger partial charge is 0.376 e. The molecule has 1 unspecified atom stereocenters. The number of rotatable bonds is 4. The van der Waals surface area contributed by atoms with E-state index in [-0.39, 0.29) is 0 Å². The van der Waals surface area contributed by atoms with Crippen molar-refractivity contribution >= 4 is 5.96 Å². The first-order valence-electron chi connectivity index (χ1n) is 5.97. The topological polar surface area (TPSA) is 59.6 Å². The molecule has 2 rings (SSSR count). The average molecular weight is 211 g/mol. The molecule has 3 N–H and O–H groups in total. The van der Waals surface area contributed by atoms with E-state index in [1.165, 1.54) is 12.8 Å². The number of nitrogens with two attached hydrogens (primary N) is 1. The molecule has 15 heavy (non-hydrogen) atoms. The second kappa shape index (κ2) is 4.84. The number of hydrogen-bond donors (Lipinski definition) is 2. The van der Waals surface area contributed by atoms with E-state index in [9.17, 15) is 0 Å². The lowest BCUT2D eigenvalue weighted by atomic mass is 10.2. The van der Waals surface area contributed by atoms with Crippen LogP contribution in [0.1, 0.15) is 32.6 Å². The lowest BCUT2D eigenvalue weighted by molar-refractivity contribution is 0.117. The molecule has 0 spiro atoms. The van der Waals surface area contributed by atoms with Gasteiger partial charge in [-0.2, -0.15) is 0 Å². The molecule has 0 radical (unpaired) electrons. The van der Waals surface area contributed by atoms with E-state index in [1.807, 2.05) is 0 Å². The fraction of sp³-hybridized carbons (Fsp3) is 0.909. The van der Waals surface area contributed by atoms with Gasteiger partial charge in [0.2, 0.25) is 0 Å². The third kappa shape index (κ3) is 3.09. The molecule has 3 atom stereocenters. The maximum absolute atomic E-state index is 5.79. The molecule has 86 valence electrons. The summed E-state index contributed by atoms with van der Waals surface area (Å²) in [4.78, 5) is 4.31. The molecule has 2 aliphatic rings. The second-order valence-corrected chi connectivity index (χ2v) is 4.52. The van der Waals surface area contributed by atoms with Crippen molar-refractivity contribution in [2.75, 3.05) is 13.2 Å². The molecule has 0 amide bonds. The zero-order valence-electron chi connectivity index (χ0n) is 9.41. The van der Waals surface area contributed by atoms with Gasteiger partial charge in [-0.1, -0.05) is 13.3 Å². The Morgan fingerprint density at radius 3 is 3.07 bits per heavy atom. The van der Waals surface area contributed by atoms with Gasteiger partial charge in [-0.25, -0.2) is 0 Å². The van der Waals surface area contributed by atoms with Crippen molar-refractivity contribution < 1.29 is 4.74 Å². The lowest BCUT2D eigenvalue weighted by Crippen LogP contribution is -2.35. The highest BCUT2D eigenvalue weighted by Crippen LogP contribution is 2.32. The standard InChI is InChI=1S/C11H21N3O/c1-2-8-6-10(8)14-11(12)13-7-9-4-3-5-15-9/h8-10H,2-7H2,1H3,(H3,12,13,14)/t8-,9?,10-/m1/s1. The summed E-state index contributed by atoms with van der Waals surface area (Å²) in [7, 11) is 0. The highest BCUT2D eigenvalue weighted by atomic mass is 16.5. The predicted octanol–water partition coefficient (Wildman–Crippen LogP) is 0.868. The van der Waals surface area contributed by atoms with E-state index in [1.54, 1.807) is 0 Å². The molecule has 0 aromatic rings. The zero-order valence-corrected chi connectivity index (χ0v) is 9.41. The summed E-state index contributed by atoms with van der Waals surface area (Å²) in [6.07, 6.45) is 5.06. The third-order valence-electron chi connectivity index (χ3n) is 3.27. The predicted molar refractivity (Wildman–Crippen MR) is 60.8 cm³/mol. The van der Waals surface area contributed by atoms with Gasteiger partial charge in [0.15, 0.2) is 5.96 Å². The monoisotopic (exact) mass is 211 g/mol. The van der Waals surface area contributed by atoms with Gasteiger partial charge in [-0.3, -0.25) is 4.99 Å². The molecule has 0 aromatic carbocycles. The number of aliphatic imine (C=N–C) groups is 1. The molecule has 1 saturated carbocycles. The molecule has 0 bridgehead atoms. The normalized spacial score (nSPS) is 35.5. The summed E-state index contributed by atoms with van der Waals surface area (Å²) in [5.41, 5.74) is 5.79. The summed E-state index contributed by atoms with van der Waals surface area (Å²) in [5, 5.41) is 3.25. The Balaban J connectivity index is 1.66. The minimum absolute atomic E-state index is 0.298. The minimum atomic E-state index is 0.298. The fourth-order valence-electron chi connectivity index (χ4n) is 2.10. The zero-order chi connectivity index (χ0) is 10.7. The Bertz CT molecular complexity index is 236. The summed E-state index contributed by atoms with van der Waals surface area (Å²) >= 11 is 0. The van der Waals surface area contributed by atoms with Gasteiger partial charge < -0.3 is 15.8 Å². The number of nitrogens with zero attached hydrogens (tertiary/aromatic N) is 1. The second-order valence-electron chi connectivity index (χ2n) is 4.52. The van der Waals surface area contributed by atoms with Gasteiger partial charge >= 0.3 is 0 Å². The fourth-order valence-corrected chi connectivity index (χ4v) is 2.10. The van der Waals surface area contributed by atoms with Crippen LogP contribution in [-0.4, -0.2) is 31.3 Å². The van der Waals surface area contributed by atoms with E-state index < -0.39 is 0 Å². The molecule has 1 saturated heterocycles. The number of ether oxygens (including phenoxy) is 1. The summed E-state index contributed by atoms with van der Waals surface area (Å²) in [6, 6.07) is 0.572. The molecule has 0 aromatic heterocycles. The van der Waals surface area contributed by atoms with Crippen LogP contribution in [0, 0.1) is 5.92 Å². The lowest BCUT2D eigenvalue weighted by Gasteiger charge is -2.07. The SMILES string of the molecule is CC[C@@H]1C[C@H]1NC(N)=NCC1CCCO1. The Morgan fingerprint density at radius 1 is 1.60 bits per heavy atom. The van der Waals surface area contributed by atoms with E-state index in [2.05, 4.69) is 17.2 Å². The van der Waals surface area contributed by atoms with Crippen LogP contribution in [0.25, 0.3) is 0 Å². The first kappa shape index (κ1) is 10.7.